The van der Waals surface area contributed by atoms with Gasteiger partial charge in [-0.1, -0.05) is 49.2 Å². The summed E-state index contributed by atoms with van der Waals surface area (Å²) < 4.78 is 5.12. The summed E-state index contributed by atoms with van der Waals surface area (Å²) in [6.45, 7) is 0.980. The lowest BCUT2D eigenvalue weighted by Crippen LogP contribution is -2.45. The van der Waals surface area contributed by atoms with Gasteiger partial charge in [-0.05, 0) is 31.2 Å². The minimum absolute atomic E-state index is 0.297. The van der Waals surface area contributed by atoms with Crippen molar-refractivity contribution in [2.45, 2.75) is 38.6 Å². The second-order valence-electron chi connectivity index (χ2n) is 7.90. The van der Waals surface area contributed by atoms with Gasteiger partial charge in [0.05, 0.1) is 11.8 Å². The molecule has 0 spiro atoms. The first kappa shape index (κ1) is 20.1. The lowest BCUT2D eigenvalue weighted by Gasteiger charge is -2.21. The van der Waals surface area contributed by atoms with Crippen molar-refractivity contribution in [3.8, 4) is 0 Å². The lowest BCUT2D eigenvalue weighted by atomic mass is 9.81. The van der Waals surface area contributed by atoms with Gasteiger partial charge in [0.2, 0.25) is 11.8 Å². The van der Waals surface area contributed by atoms with E-state index in [1.807, 2.05) is 36.4 Å². The number of carbonyl (C=O) groups excluding carboxylic acids is 4. The summed E-state index contributed by atoms with van der Waals surface area (Å²) in [4.78, 5) is 51.0. The molecule has 1 aliphatic heterocycles. The molecule has 1 aliphatic carbocycles. The molecule has 3 atom stereocenters. The minimum atomic E-state index is -1.04. The van der Waals surface area contributed by atoms with Crippen LogP contribution in [0.5, 0.6) is 0 Å². The molecule has 0 aromatic heterocycles. The molecule has 0 radical (unpaired) electrons. The van der Waals surface area contributed by atoms with Crippen LogP contribution in [-0.2, 0) is 23.9 Å². The number of rotatable bonds is 5. The first-order chi connectivity index (χ1) is 14.5. The smallest absolute Gasteiger partial charge is 0.329 e. The third kappa shape index (κ3) is 3.67. The Hall–Kier alpha value is -3.22. The number of fused-ring (bicyclic) bond motifs is 2. The molecule has 0 bridgehead atoms. The predicted octanol–water partition coefficient (Wildman–Crippen LogP) is 2.89. The van der Waals surface area contributed by atoms with E-state index in [2.05, 4.69) is 5.32 Å². The zero-order valence-corrected chi connectivity index (χ0v) is 16.8. The highest BCUT2D eigenvalue weighted by molar-refractivity contribution is 6.08. The van der Waals surface area contributed by atoms with E-state index < -0.39 is 24.5 Å². The Bertz CT molecular complexity index is 988. The standard InChI is InChI=1S/C23H24N2O5/c1-14(25-21(27)17-10-4-5-11-18(17)22(25)28)23(29)30-13-20(26)24-19-12-6-8-15-7-2-3-9-16(15)19/h2-3,6-9,12,14,17-18H,4-5,10-11,13H2,1H3,(H,24,26)/t14-,17-,18-/m0/s1. The summed E-state index contributed by atoms with van der Waals surface area (Å²) in [6, 6.07) is 12.1. The summed E-state index contributed by atoms with van der Waals surface area (Å²) in [5, 5.41) is 4.60. The van der Waals surface area contributed by atoms with E-state index in [9.17, 15) is 19.2 Å². The van der Waals surface area contributed by atoms with Gasteiger partial charge < -0.3 is 10.1 Å². The molecule has 2 fully saturated rings. The Balaban J connectivity index is 1.36. The number of amides is 3. The number of carbonyl (C=O) groups is 4. The van der Waals surface area contributed by atoms with Gasteiger partial charge in [-0.3, -0.25) is 19.3 Å². The van der Waals surface area contributed by atoms with Crippen molar-refractivity contribution in [3.05, 3.63) is 42.5 Å². The van der Waals surface area contributed by atoms with Crippen LogP contribution in [0.4, 0.5) is 5.69 Å². The average molecular weight is 408 g/mol. The summed E-state index contributed by atoms with van der Waals surface area (Å²) in [6.07, 6.45) is 3.20. The van der Waals surface area contributed by atoms with Crippen LogP contribution in [0, 0.1) is 11.8 Å². The minimum Gasteiger partial charge on any atom is -0.454 e. The quantitative estimate of drug-likeness (QED) is 0.607. The normalized spacial score (nSPS) is 22.0. The number of hydrogen-bond donors (Lipinski definition) is 1. The van der Waals surface area contributed by atoms with Gasteiger partial charge >= 0.3 is 5.97 Å². The maximum absolute atomic E-state index is 12.6. The highest BCUT2D eigenvalue weighted by Crippen LogP contribution is 2.38. The molecule has 2 aliphatic rings. The van der Waals surface area contributed by atoms with Crippen molar-refractivity contribution in [3.63, 3.8) is 0 Å². The van der Waals surface area contributed by atoms with Crippen molar-refractivity contribution in [2.75, 3.05) is 11.9 Å². The molecule has 1 N–H and O–H groups in total. The SMILES string of the molecule is C[C@@H](C(=O)OCC(=O)Nc1cccc2ccccc12)N1C(=O)[C@H]2CCCC[C@@H]2C1=O. The Morgan fingerprint density at radius 3 is 2.37 bits per heavy atom. The lowest BCUT2D eigenvalue weighted by molar-refractivity contribution is -0.159. The number of nitrogens with zero attached hydrogens (tertiary/aromatic N) is 1. The van der Waals surface area contributed by atoms with Gasteiger partial charge in [-0.25, -0.2) is 4.79 Å². The van der Waals surface area contributed by atoms with Crippen LogP contribution in [0.3, 0.4) is 0 Å². The van der Waals surface area contributed by atoms with E-state index >= 15 is 0 Å². The Morgan fingerprint density at radius 1 is 1.03 bits per heavy atom. The van der Waals surface area contributed by atoms with E-state index in [4.69, 9.17) is 4.74 Å². The van der Waals surface area contributed by atoms with Gasteiger partial charge in [0.15, 0.2) is 6.61 Å². The van der Waals surface area contributed by atoms with Crippen LogP contribution in [0.25, 0.3) is 10.8 Å². The summed E-state index contributed by atoms with van der Waals surface area (Å²) in [7, 11) is 0. The molecule has 2 aromatic rings. The Morgan fingerprint density at radius 2 is 1.67 bits per heavy atom. The molecule has 0 unspecified atom stereocenters. The first-order valence-electron chi connectivity index (χ1n) is 10.3. The van der Waals surface area contributed by atoms with Crippen molar-refractivity contribution in [1.82, 2.24) is 4.90 Å². The Labute approximate surface area is 174 Å². The third-order valence-corrected chi connectivity index (χ3v) is 6.01. The number of hydrogen-bond acceptors (Lipinski definition) is 5. The molecule has 156 valence electrons. The highest BCUT2D eigenvalue weighted by Gasteiger charge is 2.51. The van der Waals surface area contributed by atoms with Crippen LogP contribution < -0.4 is 5.32 Å². The maximum atomic E-state index is 12.6. The van der Waals surface area contributed by atoms with Crippen molar-refractivity contribution >= 4 is 40.2 Å². The molecule has 7 heteroatoms. The number of nitrogens with one attached hydrogen (secondary N) is 1. The fraction of sp³-hybridized carbons (Fsp3) is 0.391. The van der Waals surface area contributed by atoms with Crippen LogP contribution >= 0.6 is 0 Å². The average Bonchev–Trinajstić information content (AvgIpc) is 3.02. The number of esters is 1. The van der Waals surface area contributed by atoms with Crippen LogP contribution in [0.2, 0.25) is 0 Å². The molecule has 3 amide bonds. The molecule has 4 rings (SSSR count). The van der Waals surface area contributed by atoms with E-state index in [1.54, 1.807) is 6.07 Å². The number of benzene rings is 2. The number of imide groups is 1. The number of likely N-dealkylation sites (tertiary alicyclic amines) is 1. The zero-order chi connectivity index (χ0) is 21.3. The van der Waals surface area contributed by atoms with E-state index in [-0.39, 0.29) is 23.7 Å². The van der Waals surface area contributed by atoms with Crippen molar-refractivity contribution in [2.24, 2.45) is 11.8 Å². The molecular weight excluding hydrogens is 384 g/mol. The van der Waals surface area contributed by atoms with Gasteiger partial charge in [0, 0.05) is 11.1 Å². The molecule has 30 heavy (non-hydrogen) atoms. The monoisotopic (exact) mass is 408 g/mol. The van der Waals surface area contributed by atoms with E-state index in [0.29, 0.717) is 18.5 Å². The Kier molecular flexibility index (Phi) is 5.53. The second kappa shape index (κ2) is 8.26. The van der Waals surface area contributed by atoms with Gasteiger partial charge in [-0.15, -0.1) is 0 Å². The first-order valence-corrected chi connectivity index (χ1v) is 10.3. The zero-order valence-electron chi connectivity index (χ0n) is 16.8. The van der Waals surface area contributed by atoms with E-state index in [1.165, 1.54) is 6.92 Å². The fourth-order valence-corrected chi connectivity index (χ4v) is 4.45. The van der Waals surface area contributed by atoms with E-state index in [0.717, 1.165) is 28.5 Å². The summed E-state index contributed by atoms with van der Waals surface area (Å²) in [5.74, 6) is -2.49. The molecule has 2 aromatic carbocycles. The largest absolute Gasteiger partial charge is 0.454 e. The molecular formula is C23H24N2O5. The topological polar surface area (TPSA) is 92.8 Å². The highest BCUT2D eigenvalue weighted by atomic mass is 16.5. The molecule has 1 saturated carbocycles. The number of ether oxygens (including phenoxy) is 1. The summed E-state index contributed by atoms with van der Waals surface area (Å²) in [5.41, 5.74) is 0.621. The van der Waals surface area contributed by atoms with Crippen LogP contribution in [0.15, 0.2) is 42.5 Å². The number of anilines is 1. The van der Waals surface area contributed by atoms with Crippen LogP contribution in [0.1, 0.15) is 32.6 Å². The summed E-state index contributed by atoms with van der Waals surface area (Å²) >= 11 is 0. The maximum Gasteiger partial charge on any atom is 0.329 e. The van der Waals surface area contributed by atoms with Crippen molar-refractivity contribution in [1.29, 1.82) is 0 Å². The third-order valence-electron chi connectivity index (χ3n) is 6.01. The molecule has 1 saturated heterocycles. The van der Waals surface area contributed by atoms with Gasteiger partial charge in [0.25, 0.3) is 5.91 Å². The molecule has 7 nitrogen and oxygen atoms in total. The fourth-order valence-electron chi connectivity index (χ4n) is 4.45. The predicted molar refractivity (Wildman–Crippen MR) is 110 cm³/mol. The van der Waals surface area contributed by atoms with Crippen molar-refractivity contribution < 1.29 is 23.9 Å². The van der Waals surface area contributed by atoms with Crippen LogP contribution in [-0.4, -0.2) is 41.2 Å². The van der Waals surface area contributed by atoms with Gasteiger partial charge in [0.1, 0.15) is 6.04 Å². The molecule has 1 heterocycles. The second-order valence-corrected chi connectivity index (χ2v) is 7.90. The van der Waals surface area contributed by atoms with Gasteiger partial charge in [-0.2, -0.15) is 0 Å².